The number of benzene rings is 2. The molecule has 1 unspecified atom stereocenters. The Bertz CT molecular complexity index is 1040. The zero-order chi connectivity index (χ0) is 20.1. The molecule has 1 amide bonds. The van der Waals surface area contributed by atoms with Crippen molar-refractivity contribution in [3.05, 3.63) is 65.9 Å². The number of fused-ring (bicyclic) bond motifs is 1. The van der Waals surface area contributed by atoms with E-state index in [0.29, 0.717) is 5.76 Å². The van der Waals surface area contributed by atoms with E-state index in [9.17, 15) is 13.2 Å². The third kappa shape index (κ3) is 4.59. The molecule has 0 bridgehead atoms. The summed E-state index contributed by atoms with van der Waals surface area (Å²) in [7, 11) is -2.23. The SMILES string of the molecule is COCCNS(=O)(=O)c1cccc(C(=O)NC(C)c2cc3ccccc3o2)c1. The molecule has 148 valence electrons. The normalized spacial score (nSPS) is 12.8. The summed E-state index contributed by atoms with van der Waals surface area (Å²) in [5, 5.41) is 3.79. The number of methoxy groups -OCH3 is 1. The summed E-state index contributed by atoms with van der Waals surface area (Å²) in [4.78, 5) is 12.6. The predicted molar refractivity (Wildman–Crippen MR) is 106 cm³/mol. The van der Waals surface area contributed by atoms with E-state index in [2.05, 4.69) is 10.0 Å². The number of nitrogens with one attached hydrogen (secondary N) is 2. The van der Waals surface area contributed by atoms with Crippen molar-refractivity contribution in [2.75, 3.05) is 20.3 Å². The van der Waals surface area contributed by atoms with Crippen LogP contribution >= 0.6 is 0 Å². The van der Waals surface area contributed by atoms with Crippen LogP contribution in [-0.4, -0.2) is 34.6 Å². The second-order valence-corrected chi connectivity index (χ2v) is 8.07. The Morgan fingerprint density at radius 3 is 2.68 bits per heavy atom. The van der Waals surface area contributed by atoms with Gasteiger partial charge in [-0.15, -0.1) is 0 Å². The van der Waals surface area contributed by atoms with Crippen molar-refractivity contribution in [1.29, 1.82) is 0 Å². The molecular weight excluding hydrogens is 380 g/mol. The summed E-state index contributed by atoms with van der Waals surface area (Å²) >= 11 is 0. The Balaban J connectivity index is 1.73. The summed E-state index contributed by atoms with van der Waals surface area (Å²) < 4.78 is 37.7. The van der Waals surface area contributed by atoms with Crippen LogP contribution in [0, 0.1) is 0 Å². The third-order valence-corrected chi connectivity index (χ3v) is 5.68. The summed E-state index contributed by atoms with van der Waals surface area (Å²) in [5.74, 6) is 0.237. The van der Waals surface area contributed by atoms with Crippen LogP contribution in [0.5, 0.6) is 0 Å². The quantitative estimate of drug-likeness (QED) is 0.565. The first-order valence-electron chi connectivity index (χ1n) is 8.79. The zero-order valence-corrected chi connectivity index (χ0v) is 16.5. The van der Waals surface area contributed by atoms with Crippen molar-refractivity contribution in [2.45, 2.75) is 17.9 Å². The van der Waals surface area contributed by atoms with Gasteiger partial charge < -0.3 is 14.5 Å². The average molecular weight is 402 g/mol. The van der Waals surface area contributed by atoms with Gasteiger partial charge >= 0.3 is 0 Å². The molecule has 0 saturated heterocycles. The van der Waals surface area contributed by atoms with Crippen molar-refractivity contribution >= 4 is 26.9 Å². The summed E-state index contributed by atoms with van der Waals surface area (Å²) in [6.07, 6.45) is 0. The van der Waals surface area contributed by atoms with Gasteiger partial charge in [0.25, 0.3) is 5.91 Å². The van der Waals surface area contributed by atoms with Crippen molar-refractivity contribution < 1.29 is 22.4 Å². The fourth-order valence-corrected chi connectivity index (χ4v) is 3.79. The first kappa shape index (κ1) is 20.1. The van der Waals surface area contributed by atoms with Gasteiger partial charge in [-0.3, -0.25) is 4.79 Å². The smallest absolute Gasteiger partial charge is 0.251 e. The van der Waals surface area contributed by atoms with Gasteiger partial charge in [0, 0.05) is 24.6 Å². The fraction of sp³-hybridized carbons (Fsp3) is 0.250. The van der Waals surface area contributed by atoms with E-state index in [4.69, 9.17) is 9.15 Å². The van der Waals surface area contributed by atoms with Gasteiger partial charge in [0.05, 0.1) is 17.5 Å². The van der Waals surface area contributed by atoms with Crippen LogP contribution in [0.1, 0.15) is 29.1 Å². The number of hydrogen-bond donors (Lipinski definition) is 2. The number of sulfonamides is 1. The summed E-state index contributed by atoms with van der Waals surface area (Å²) in [5.41, 5.74) is 0.992. The van der Waals surface area contributed by atoms with Crippen molar-refractivity contribution in [1.82, 2.24) is 10.0 Å². The molecule has 8 heteroatoms. The third-order valence-electron chi connectivity index (χ3n) is 4.22. The molecule has 0 aliphatic heterocycles. The molecule has 0 spiro atoms. The van der Waals surface area contributed by atoms with Gasteiger partial charge in [-0.2, -0.15) is 0 Å². The molecule has 0 radical (unpaired) electrons. The van der Waals surface area contributed by atoms with Gasteiger partial charge in [0.2, 0.25) is 10.0 Å². The molecule has 3 rings (SSSR count). The molecule has 1 aromatic heterocycles. The number of furan rings is 1. The number of carbonyl (C=O) groups excluding carboxylic acids is 1. The molecule has 0 fully saturated rings. The van der Waals surface area contributed by atoms with Crippen molar-refractivity contribution in [3.63, 3.8) is 0 Å². The number of ether oxygens (including phenoxy) is 1. The lowest BCUT2D eigenvalue weighted by atomic mass is 10.1. The Labute approximate surface area is 163 Å². The van der Waals surface area contributed by atoms with Gasteiger partial charge in [-0.1, -0.05) is 24.3 Å². The van der Waals surface area contributed by atoms with Crippen LogP contribution in [0.4, 0.5) is 0 Å². The number of hydrogen-bond acceptors (Lipinski definition) is 5. The highest BCUT2D eigenvalue weighted by molar-refractivity contribution is 7.89. The van der Waals surface area contributed by atoms with Crippen molar-refractivity contribution in [2.24, 2.45) is 0 Å². The van der Waals surface area contributed by atoms with Crippen LogP contribution < -0.4 is 10.0 Å². The molecule has 0 aliphatic carbocycles. The highest BCUT2D eigenvalue weighted by Crippen LogP contribution is 2.24. The van der Waals surface area contributed by atoms with Crippen LogP contribution in [0.25, 0.3) is 11.0 Å². The standard InChI is InChI=1S/C20H22N2O5S/c1-14(19-13-15-6-3-4-9-18(15)27-19)22-20(23)16-7-5-8-17(12-16)28(24,25)21-10-11-26-2/h3-9,12-14,21H,10-11H2,1-2H3,(H,22,23). The van der Waals surface area contributed by atoms with Gasteiger partial charge in [0.1, 0.15) is 11.3 Å². The first-order chi connectivity index (χ1) is 13.4. The van der Waals surface area contributed by atoms with E-state index in [-0.39, 0.29) is 35.6 Å². The second kappa shape index (κ2) is 8.55. The monoisotopic (exact) mass is 402 g/mol. The molecule has 7 nitrogen and oxygen atoms in total. The maximum absolute atomic E-state index is 12.6. The molecule has 28 heavy (non-hydrogen) atoms. The summed E-state index contributed by atoms with van der Waals surface area (Å²) in [6.45, 7) is 2.22. The fourth-order valence-electron chi connectivity index (χ4n) is 2.73. The highest BCUT2D eigenvalue weighted by Gasteiger charge is 2.18. The maximum Gasteiger partial charge on any atom is 0.251 e. The van der Waals surface area contributed by atoms with Gasteiger partial charge in [-0.05, 0) is 37.3 Å². The Morgan fingerprint density at radius 1 is 1.14 bits per heavy atom. The van der Waals surface area contributed by atoms with E-state index >= 15 is 0 Å². The van der Waals surface area contributed by atoms with E-state index in [1.165, 1.54) is 25.3 Å². The molecule has 0 aliphatic rings. The first-order valence-corrected chi connectivity index (χ1v) is 10.3. The molecule has 0 saturated carbocycles. The minimum Gasteiger partial charge on any atom is -0.459 e. The molecule has 2 N–H and O–H groups in total. The Hall–Kier alpha value is -2.68. The maximum atomic E-state index is 12.6. The van der Waals surface area contributed by atoms with E-state index in [1.54, 1.807) is 6.07 Å². The lowest BCUT2D eigenvalue weighted by Gasteiger charge is -2.12. The van der Waals surface area contributed by atoms with Crippen LogP contribution in [-0.2, 0) is 14.8 Å². The lowest BCUT2D eigenvalue weighted by Crippen LogP contribution is -2.28. The van der Waals surface area contributed by atoms with E-state index in [0.717, 1.165) is 11.0 Å². The summed E-state index contributed by atoms with van der Waals surface area (Å²) in [6, 6.07) is 15.0. The predicted octanol–water partition coefficient (Wildman–Crippen LogP) is 2.85. The average Bonchev–Trinajstić information content (AvgIpc) is 3.12. The highest BCUT2D eigenvalue weighted by atomic mass is 32.2. The molecular formula is C20H22N2O5S. The minimum absolute atomic E-state index is 0.0210. The van der Waals surface area contributed by atoms with Gasteiger partial charge in [-0.25, -0.2) is 13.1 Å². The topological polar surface area (TPSA) is 97.6 Å². The molecule has 1 heterocycles. The van der Waals surface area contributed by atoms with Crippen molar-refractivity contribution in [3.8, 4) is 0 Å². The Kier molecular flexibility index (Phi) is 6.13. The lowest BCUT2D eigenvalue weighted by molar-refractivity contribution is 0.0935. The number of para-hydroxylation sites is 1. The molecule has 3 aromatic rings. The van der Waals surface area contributed by atoms with E-state index in [1.807, 2.05) is 37.3 Å². The van der Waals surface area contributed by atoms with Crippen LogP contribution in [0.3, 0.4) is 0 Å². The van der Waals surface area contributed by atoms with Crippen LogP contribution in [0.2, 0.25) is 0 Å². The van der Waals surface area contributed by atoms with E-state index < -0.39 is 10.0 Å². The largest absolute Gasteiger partial charge is 0.459 e. The van der Waals surface area contributed by atoms with Gasteiger partial charge in [0.15, 0.2) is 0 Å². The Morgan fingerprint density at radius 2 is 1.93 bits per heavy atom. The second-order valence-electron chi connectivity index (χ2n) is 6.30. The minimum atomic E-state index is -3.72. The number of rotatable bonds is 8. The van der Waals surface area contributed by atoms with Crippen LogP contribution in [0.15, 0.2) is 63.9 Å². The number of amides is 1. The molecule has 1 atom stereocenters. The zero-order valence-electron chi connectivity index (χ0n) is 15.6. The molecule has 2 aromatic carbocycles. The number of carbonyl (C=O) groups is 1.